The van der Waals surface area contributed by atoms with Gasteiger partial charge in [0.05, 0.1) is 14.7 Å². The van der Waals surface area contributed by atoms with Gasteiger partial charge in [0.1, 0.15) is 11.5 Å². The molecule has 5 heteroatoms. The summed E-state index contributed by atoms with van der Waals surface area (Å²) in [7, 11) is 0. The van der Waals surface area contributed by atoms with Crippen molar-refractivity contribution in [2.75, 3.05) is 6.54 Å². The zero-order chi connectivity index (χ0) is 12.4. The summed E-state index contributed by atoms with van der Waals surface area (Å²) in [6.07, 6.45) is 0. The summed E-state index contributed by atoms with van der Waals surface area (Å²) in [6, 6.07) is 5.76. The normalized spacial score (nSPS) is 12.9. The van der Waals surface area contributed by atoms with E-state index in [0.717, 1.165) is 23.6 Å². The third-order valence-corrected chi connectivity index (χ3v) is 3.97. The van der Waals surface area contributed by atoms with Crippen molar-refractivity contribution in [2.45, 2.75) is 19.9 Å². The second kappa shape index (κ2) is 5.44. The van der Waals surface area contributed by atoms with E-state index in [1.165, 1.54) is 11.3 Å². The van der Waals surface area contributed by atoms with E-state index in [-0.39, 0.29) is 6.04 Å². The van der Waals surface area contributed by atoms with Gasteiger partial charge in [0, 0.05) is 5.56 Å². The van der Waals surface area contributed by atoms with Gasteiger partial charge < -0.3 is 9.73 Å². The molecule has 0 aliphatic rings. The summed E-state index contributed by atoms with van der Waals surface area (Å²) in [5.74, 6) is 1.75. The Bertz CT molecular complexity index is 506. The number of nitrogens with one attached hydrogen (secondary N) is 1. The van der Waals surface area contributed by atoms with Gasteiger partial charge in [-0.15, -0.1) is 11.3 Å². The van der Waals surface area contributed by atoms with Crippen LogP contribution in [0.1, 0.15) is 30.0 Å². The quantitative estimate of drug-likeness (QED) is 0.886. The Morgan fingerprint density at radius 1 is 1.41 bits per heavy atom. The van der Waals surface area contributed by atoms with Gasteiger partial charge in [-0.2, -0.15) is 0 Å². The molecule has 0 saturated heterocycles. The molecule has 17 heavy (non-hydrogen) atoms. The lowest BCUT2D eigenvalue weighted by Gasteiger charge is -2.14. The topological polar surface area (TPSA) is 25.2 Å². The number of halogens is 2. The number of thiophene rings is 1. The van der Waals surface area contributed by atoms with E-state index in [4.69, 9.17) is 27.6 Å². The Kier molecular flexibility index (Phi) is 4.15. The molecule has 2 heterocycles. The zero-order valence-electron chi connectivity index (χ0n) is 9.59. The van der Waals surface area contributed by atoms with Crippen molar-refractivity contribution in [3.05, 3.63) is 44.0 Å². The standard InChI is InChI=1S/C12H13Cl2NOS/c1-3-15-11(9-5-4-7(2)16-9)8-6-10(13)17-12(8)14/h4-6,11,15H,3H2,1-2H3. The third kappa shape index (κ3) is 2.86. The first-order valence-electron chi connectivity index (χ1n) is 5.36. The Balaban J connectivity index is 2.38. The molecule has 0 aromatic carbocycles. The first kappa shape index (κ1) is 13.0. The summed E-state index contributed by atoms with van der Waals surface area (Å²) >= 11 is 13.5. The van der Waals surface area contributed by atoms with Gasteiger partial charge in [-0.3, -0.25) is 0 Å². The van der Waals surface area contributed by atoms with Crippen LogP contribution in [-0.2, 0) is 0 Å². The molecule has 92 valence electrons. The average molecular weight is 290 g/mol. The number of furan rings is 1. The van der Waals surface area contributed by atoms with Gasteiger partial charge in [-0.1, -0.05) is 30.1 Å². The second-order valence-corrected chi connectivity index (χ2v) is 6.00. The first-order chi connectivity index (χ1) is 8.11. The summed E-state index contributed by atoms with van der Waals surface area (Å²) in [6.45, 7) is 4.80. The van der Waals surface area contributed by atoms with Gasteiger partial charge in [0.25, 0.3) is 0 Å². The highest BCUT2D eigenvalue weighted by Crippen LogP contribution is 2.37. The molecular weight excluding hydrogens is 277 g/mol. The first-order valence-corrected chi connectivity index (χ1v) is 6.93. The van der Waals surface area contributed by atoms with Crippen LogP contribution < -0.4 is 5.32 Å². The minimum Gasteiger partial charge on any atom is -0.464 e. The molecule has 0 aliphatic heterocycles. The summed E-state index contributed by atoms with van der Waals surface area (Å²) in [4.78, 5) is 0. The van der Waals surface area contributed by atoms with Gasteiger partial charge >= 0.3 is 0 Å². The van der Waals surface area contributed by atoms with Crippen molar-refractivity contribution in [1.82, 2.24) is 5.32 Å². The van der Waals surface area contributed by atoms with Crippen LogP contribution in [0.5, 0.6) is 0 Å². The van der Waals surface area contributed by atoms with Crippen LogP contribution in [0.15, 0.2) is 22.6 Å². The van der Waals surface area contributed by atoms with Crippen molar-refractivity contribution in [3.8, 4) is 0 Å². The molecular formula is C12H13Cl2NOS. The van der Waals surface area contributed by atoms with Crippen molar-refractivity contribution in [1.29, 1.82) is 0 Å². The van der Waals surface area contributed by atoms with Crippen LogP contribution in [0.3, 0.4) is 0 Å². The lowest BCUT2D eigenvalue weighted by molar-refractivity contribution is 0.435. The molecule has 0 amide bonds. The predicted octanol–water partition coefficient (Wildman–Crippen LogP) is 4.66. The summed E-state index contributed by atoms with van der Waals surface area (Å²) < 4.78 is 7.05. The minimum absolute atomic E-state index is 0.0371. The second-order valence-electron chi connectivity index (χ2n) is 3.72. The van der Waals surface area contributed by atoms with E-state index in [1.54, 1.807) is 0 Å². The van der Waals surface area contributed by atoms with E-state index < -0.39 is 0 Å². The van der Waals surface area contributed by atoms with Crippen LogP contribution in [0.25, 0.3) is 0 Å². The van der Waals surface area contributed by atoms with Gasteiger partial charge in [0.2, 0.25) is 0 Å². The van der Waals surface area contributed by atoms with Crippen LogP contribution in [0, 0.1) is 6.92 Å². The fourth-order valence-corrected chi connectivity index (χ4v) is 3.26. The number of hydrogen-bond donors (Lipinski definition) is 1. The largest absolute Gasteiger partial charge is 0.464 e. The highest BCUT2D eigenvalue weighted by Gasteiger charge is 2.21. The Labute approximate surface area is 115 Å². The summed E-state index contributed by atoms with van der Waals surface area (Å²) in [5.41, 5.74) is 0.970. The van der Waals surface area contributed by atoms with Crippen LogP contribution in [-0.4, -0.2) is 6.54 Å². The predicted molar refractivity (Wildman–Crippen MR) is 73.3 cm³/mol. The highest BCUT2D eigenvalue weighted by atomic mass is 35.5. The van der Waals surface area contributed by atoms with E-state index in [1.807, 2.05) is 32.0 Å². The molecule has 2 aromatic rings. The molecule has 2 aromatic heterocycles. The molecule has 0 saturated carbocycles. The molecule has 1 unspecified atom stereocenters. The van der Waals surface area contributed by atoms with Gasteiger partial charge in [-0.05, 0) is 31.7 Å². The Morgan fingerprint density at radius 2 is 2.18 bits per heavy atom. The van der Waals surface area contributed by atoms with E-state index in [9.17, 15) is 0 Å². The summed E-state index contributed by atoms with van der Waals surface area (Å²) in [5, 5.41) is 3.35. The Hall–Kier alpha value is -0.480. The monoisotopic (exact) mass is 289 g/mol. The molecule has 1 N–H and O–H groups in total. The zero-order valence-corrected chi connectivity index (χ0v) is 11.9. The Morgan fingerprint density at radius 3 is 2.65 bits per heavy atom. The van der Waals surface area contributed by atoms with Gasteiger partial charge in [0.15, 0.2) is 0 Å². The molecule has 2 rings (SSSR count). The maximum Gasteiger partial charge on any atom is 0.125 e. The SMILES string of the molecule is CCNC(c1ccc(C)o1)c1cc(Cl)sc1Cl. The average Bonchev–Trinajstić information content (AvgIpc) is 2.82. The molecule has 0 aliphatic carbocycles. The molecule has 0 bridgehead atoms. The minimum atomic E-state index is -0.0371. The van der Waals surface area contributed by atoms with Crippen molar-refractivity contribution in [2.24, 2.45) is 0 Å². The van der Waals surface area contributed by atoms with Crippen molar-refractivity contribution < 1.29 is 4.42 Å². The van der Waals surface area contributed by atoms with Crippen LogP contribution in [0.4, 0.5) is 0 Å². The molecule has 1 atom stereocenters. The molecule has 2 nitrogen and oxygen atoms in total. The lowest BCUT2D eigenvalue weighted by atomic mass is 10.1. The van der Waals surface area contributed by atoms with E-state index in [2.05, 4.69) is 5.32 Å². The van der Waals surface area contributed by atoms with E-state index in [0.29, 0.717) is 8.67 Å². The van der Waals surface area contributed by atoms with Crippen LogP contribution >= 0.6 is 34.5 Å². The fourth-order valence-electron chi connectivity index (χ4n) is 1.73. The number of hydrogen-bond acceptors (Lipinski definition) is 3. The number of rotatable bonds is 4. The van der Waals surface area contributed by atoms with Crippen molar-refractivity contribution >= 4 is 34.5 Å². The molecule has 0 fully saturated rings. The smallest absolute Gasteiger partial charge is 0.125 e. The maximum atomic E-state index is 6.18. The lowest BCUT2D eigenvalue weighted by Crippen LogP contribution is -2.21. The van der Waals surface area contributed by atoms with E-state index >= 15 is 0 Å². The molecule has 0 radical (unpaired) electrons. The van der Waals surface area contributed by atoms with Gasteiger partial charge in [-0.25, -0.2) is 0 Å². The fraction of sp³-hybridized carbons (Fsp3) is 0.333. The van der Waals surface area contributed by atoms with Crippen LogP contribution in [0.2, 0.25) is 8.67 Å². The molecule has 0 spiro atoms. The highest BCUT2D eigenvalue weighted by molar-refractivity contribution is 7.20. The van der Waals surface area contributed by atoms with Crippen molar-refractivity contribution in [3.63, 3.8) is 0 Å². The number of aryl methyl sites for hydroxylation is 1. The maximum absolute atomic E-state index is 6.18. The third-order valence-electron chi connectivity index (χ3n) is 2.45.